The van der Waals surface area contributed by atoms with E-state index < -0.39 is 0 Å². The fourth-order valence-corrected chi connectivity index (χ4v) is 3.15. The van der Waals surface area contributed by atoms with Crippen molar-refractivity contribution in [3.05, 3.63) is 96.6 Å². The summed E-state index contributed by atoms with van der Waals surface area (Å²) in [5, 5.41) is 2.57. The zero-order valence-corrected chi connectivity index (χ0v) is 13.1. The Kier molecular flexibility index (Phi) is 3.44. The smallest absolute Gasteiger partial charge is 0.00266 e. The molecule has 23 heavy (non-hydrogen) atoms. The maximum absolute atomic E-state index is 3.37. The van der Waals surface area contributed by atoms with Gasteiger partial charge >= 0.3 is 0 Å². The molecule has 4 rings (SSSR count). The largest absolute Gasteiger partial charge is 0.0622 e. The number of aryl methyl sites for hydroxylation is 1. The van der Waals surface area contributed by atoms with Crippen molar-refractivity contribution in [2.24, 2.45) is 0 Å². The minimum atomic E-state index is 1.13. The van der Waals surface area contributed by atoms with Crippen molar-refractivity contribution in [3.63, 3.8) is 0 Å². The van der Waals surface area contributed by atoms with Crippen LogP contribution in [0.5, 0.6) is 0 Å². The Bertz CT molecular complexity index is 951. The summed E-state index contributed by atoms with van der Waals surface area (Å²) in [5.41, 5.74) is 6.18. The fraction of sp³-hybridized carbons (Fsp3) is 0.0435. The number of hydrogen-bond donors (Lipinski definition) is 0. The van der Waals surface area contributed by atoms with Gasteiger partial charge in [0.05, 0.1) is 0 Å². The summed E-state index contributed by atoms with van der Waals surface area (Å²) in [5.74, 6) is 0. The van der Waals surface area contributed by atoms with Gasteiger partial charge in [0.25, 0.3) is 0 Å². The second-order valence-electron chi connectivity index (χ2n) is 5.85. The van der Waals surface area contributed by atoms with Crippen LogP contribution in [0.1, 0.15) is 5.56 Å². The maximum atomic E-state index is 3.37. The van der Waals surface area contributed by atoms with E-state index in [0.29, 0.717) is 0 Å². The molecule has 0 nitrogen and oxygen atoms in total. The van der Waals surface area contributed by atoms with Crippen LogP contribution in [0.25, 0.3) is 33.0 Å². The molecule has 0 heterocycles. The van der Waals surface area contributed by atoms with Crippen molar-refractivity contribution in [2.45, 2.75) is 6.92 Å². The van der Waals surface area contributed by atoms with E-state index in [1.54, 1.807) is 0 Å². The number of fused-ring (bicyclic) bond motifs is 1. The fourth-order valence-electron chi connectivity index (χ4n) is 3.15. The Hall–Kier alpha value is -2.86. The van der Waals surface area contributed by atoms with Crippen molar-refractivity contribution in [1.82, 2.24) is 0 Å². The van der Waals surface area contributed by atoms with Gasteiger partial charge in [0, 0.05) is 0 Å². The molecule has 0 unspecified atom stereocenters. The molecule has 0 atom stereocenters. The average molecular weight is 293 g/mol. The molecule has 4 aromatic carbocycles. The van der Waals surface area contributed by atoms with Crippen LogP contribution in [0, 0.1) is 13.0 Å². The van der Waals surface area contributed by atoms with Gasteiger partial charge in [-0.05, 0) is 46.0 Å². The maximum Gasteiger partial charge on any atom is -0.00266 e. The molecule has 0 N–H and O–H groups in total. The standard InChI is InChI=1S/C23H17/c1-17-12-14-22-20(16-17)13-15-21(18-8-4-2-5-9-18)23(22)19-10-6-3-7-11-19/h2-8,10-16H,1H3. The SMILES string of the molecule is Cc1ccc2c(-c3ccccc3)c(-c3[c]cccc3)ccc2c1. The molecule has 0 aliphatic rings. The first-order valence-corrected chi connectivity index (χ1v) is 7.89. The molecule has 0 saturated carbocycles. The summed E-state index contributed by atoms with van der Waals surface area (Å²) in [4.78, 5) is 0. The Morgan fingerprint density at radius 2 is 1.57 bits per heavy atom. The molecule has 0 aromatic heterocycles. The first kappa shape index (κ1) is 13.8. The summed E-state index contributed by atoms with van der Waals surface area (Å²) in [6, 6.07) is 33.3. The highest BCUT2D eigenvalue weighted by Gasteiger charge is 2.11. The van der Waals surface area contributed by atoms with Crippen LogP contribution in [-0.2, 0) is 0 Å². The lowest BCUT2D eigenvalue weighted by molar-refractivity contribution is 1.50. The lowest BCUT2D eigenvalue weighted by atomic mass is 9.89. The summed E-state index contributed by atoms with van der Waals surface area (Å²) >= 11 is 0. The Balaban J connectivity index is 2.09. The summed E-state index contributed by atoms with van der Waals surface area (Å²) in [6.45, 7) is 2.14. The van der Waals surface area contributed by atoms with Crippen LogP contribution < -0.4 is 0 Å². The van der Waals surface area contributed by atoms with E-state index in [9.17, 15) is 0 Å². The molecule has 0 fully saturated rings. The van der Waals surface area contributed by atoms with E-state index >= 15 is 0 Å². The van der Waals surface area contributed by atoms with Crippen LogP contribution in [0.4, 0.5) is 0 Å². The van der Waals surface area contributed by atoms with E-state index in [1.807, 2.05) is 12.1 Å². The van der Waals surface area contributed by atoms with Gasteiger partial charge in [0.2, 0.25) is 0 Å². The molecular weight excluding hydrogens is 276 g/mol. The first-order chi connectivity index (χ1) is 11.3. The minimum absolute atomic E-state index is 1.13. The number of benzene rings is 4. The van der Waals surface area contributed by atoms with Gasteiger partial charge in [-0.25, -0.2) is 0 Å². The van der Waals surface area contributed by atoms with Crippen LogP contribution >= 0.6 is 0 Å². The van der Waals surface area contributed by atoms with Gasteiger partial charge in [0.1, 0.15) is 0 Å². The van der Waals surface area contributed by atoms with Crippen molar-refractivity contribution in [3.8, 4) is 22.3 Å². The predicted octanol–water partition coefficient (Wildman–Crippen LogP) is 6.28. The van der Waals surface area contributed by atoms with Crippen LogP contribution in [0.2, 0.25) is 0 Å². The third-order valence-corrected chi connectivity index (χ3v) is 4.24. The van der Waals surface area contributed by atoms with E-state index in [0.717, 1.165) is 5.56 Å². The van der Waals surface area contributed by atoms with Gasteiger partial charge in [-0.15, -0.1) is 0 Å². The van der Waals surface area contributed by atoms with Crippen molar-refractivity contribution in [2.75, 3.05) is 0 Å². The summed E-state index contributed by atoms with van der Waals surface area (Å²) in [6.07, 6.45) is 0. The number of rotatable bonds is 2. The van der Waals surface area contributed by atoms with Gasteiger partial charge in [-0.3, -0.25) is 0 Å². The van der Waals surface area contributed by atoms with Gasteiger partial charge in [-0.2, -0.15) is 0 Å². The molecule has 0 amide bonds. The molecule has 0 saturated heterocycles. The van der Waals surface area contributed by atoms with E-state index in [1.165, 1.54) is 33.0 Å². The first-order valence-electron chi connectivity index (χ1n) is 7.89. The Morgan fingerprint density at radius 1 is 0.739 bits per heavy atom. The minimum Gasteiger partial charge on any atom is -0.0622 e. The van der Waals surface area contributed by atoms with Gasteiger partial charge < -0.3 is 0 Å². The van der Waals surface area contributed by atoms with Crippen LogP contribution in [0.15, 0.2) is 84.9 Å². The Morgan fingerprint density at radius 3 is 2.35 bits per heavy atom. The topological polar surface area (TPSA) is 0 Å². The van der Waals surface area contributed by atoms with E-state index in [2.05, 4.69) is 85.8 Å². The highest BCUT2D eigenvalue weighted by Crippen LogP contribution is 2.38. The van der Waals surface area contributed by atoms with Gasteiger partial charge in [-0.1, -0.05) is 90.5 Å². The normalized spacial score (nSPS) is 10.8. The van der Waals surface area contributed by atoms with Crippen molar-refractivity contribution in [1.29, 1.82) is 0 Å². The molecule has 1 radical (unpaired) electrons. The van der Waals surface area contributed by atoms with Crippen molar-refractivity contribution >= 4 is 10.8 Å². The third kappa shape index (κ3) is 2.53. The molecule has 0 bridgehead atoms. The zero-order chi connectivity index (χ0) is 15.6. The second kappa shape index (κ2) is 5.73. The highest BCUT2D eigenvalue weighted by atomic mass is 14.1. The second-order valence-corrected chi connectivity index (χ2v) is 5.85. The summed E-state index contributed by atoms with van der Waals surface area (Å²) in [7, 11) is 0. The summed E-state index contributed by atoms with van der Waals surface area (Å²) < 4.78 is 0. The lowest BCUT2D eigenvalue weighted by Crippen LogP contribution is -1.88. The Labute approximate surface area is 137 Å². The van der Waals surface area contributed by atoms with Gasteiger partial charge in [0.15, 0.2) is 0 Å². The molecule has 4 aromatic rings. The average Bonchev–Trinajstić information content (AvgIpc) is 2.62. The molecule has 0 aliphatic heterocycles. The quantitative estimate of drug-likeness (QED) is 0.408. The zero-order valence-electron chi connectivity index (χ0n) is 13.1. The highest BCUT2D eigenvalue weighted by molar-refractivity contribution is 6.04. The molecule has 109 valence electrons. The van der Waals surface area contributed by atoms with Crippen molar-refractivity contribution < 1.29 is 0 Å². The number of hydrogen-bond acceptors (Lipinski definition) is 0. The van der Waals surface area contributed by atoms with E-state index in [-0.39, 0.29) is 0 Å². The monoisotopic (exact) mass is 293 g/mol. The molecule has 0 aliphatic carbocycles. The van der Waals surface area contributed by atoms with E-state index in [4.69, 9.17) is 0 Å². The predicted molar refractivity (Wildman–Crippen MR) is 98.4 cm³/mol. The lowest BCUT2D eigenvalue weighted by Gasteiger charge is -2.14. The van der Waals surface area contributed by atoms with Crippen LogP contribution in [-0.4, -0.2) is 0 Å². The molecule has 0 heteroatoms. The molecule has 0 spiro atoms. The molecular formula is C23H17. The third-order valence-electron chi connectivity index (χ3n) is 4.24. The van der Waals surface area contributed by atoms with Crippen LogP contribution in [0.3, 0.4) is 0 Å².